The summed E-state index contributed by atoms with van der Waals surface area (Å²) in [5, 5.41) is 13.1. The number of hydrogen-bond acceptors (Lipinski definition) is 7. The molecule has 3 N–H and O–H groups in total. The molecule has 2 aliphatic rings. The number of anilines is 1. The van der Waals surface area contributed by atoms with Crippen LogP contribution < -0.4 is 30.0 Å². The van der Waals surface area contributed by atoms with Crippen molar-refractivity contribution in [2.75, 3.05) is 32.7 Å². The van der Waals surface area contributed by atoms with Crippen LogP contribution in [0, 0.1) is 11.3 Å². The van der Waals surface area contributed by atoms with Gasteiger partial charge in [-0.2, -0.15) is 5.26 Å². The fourth-order valence-electron chi connectivity index (χ4n) is 3.54. The fourth-order valence-corrected chi connectivity index (χ4v) is 4.16. The highest BCUT2D eigenvalue weighted by Crippen LogP contribution is 2.48. The average molecular weight is 444 g/mol. The lowest BCUT2D eigenvalue weighted by atomic mass is 9.83. The van der Waals surface area contributed by atoms with Gasteiger partial charge < -0.3 is 30.0 Å². The number of allylic oxidation sites excluding steroid dienone is 1. The minimum Gasteiger partial charge on any atom is -0.493 e. The summed E-state index contributed by atoms with van der Waals surface area (Å²) in [6.07, 6.45) is 0. The van der Waals surface area contributed by atoms with E-state index in [4.69, 9.17) is 24.7 Å². The van der Waals surface area contributed by atoms with Gasteiger partial charge in [0.05, 0.1) is 30.3 Å². The van der Waals surface area contributed by atoms with Crippen molar-refractivity contribution in [2.24, 2.45) is 5.73 Å². The van der Waals surface area contributed by atoms with Gasteiger partial charge >= 0.3 is 0 Å². The fraction of sp³-hybridized carbons (Fsp3) is 0.250. The minimum absolute atomic E-state index is 0.0857. The van der Waals surface area contributed by atoms with Crippen molar-refractivity contribution in [2.45, 2.75) is 5.92 Å². The molecule has 4 rings (SSSR count). The highest BCUT2D eigenvalue weighted by Gasteiger charge is 2.33. The number of nitriles is 1. The van der Waals surface area contributed by atoms with E-state index in [1.165, 1.54) is 0 Å². The standard InChI is InChI=1S/C20H18BrN3O4/c1-25-17-6-10(5-13(21)19(17)26-2)18-11-7-16-14(24-3-4-27-16)8-15(11)28-20(23)12(18)9-22/h5-8,18,24H,3-4,23H2,1-2H3. The normalized spacial score (nSPS) is 17.3. The number of benzene rings is 2. The lowest BCUT2D eigenvalue weighted by molar-refractivity contribution is 0.320. The van der Waals surface area contributed by atoms with Gasteiger partial charge in [-0.3, -0.25) is 0 Å². The lowest BCUT2D eigenvalue weighted by Gasteiger charge is -2.29. The summed E-state index contributed by atoms with van der Waals surface area (Å²) in [6, 6.07) is 9.68. The van der Waals surface area contributed by atoms with Gasteiger partial charge in [-0.1, -0.05) is 0 Å². The van der Waals surface area contributed by atoms with Crippen molar-refractivity contribution in [3.8, 4) is 29.1 Å². The molecule has 1 unspecified atom stereocenters. The molecule has 0 aliphatic carbocycles. The van der Waals surface area contributed by atoms with E-state index in [1.807, 2.05) is 24.3 Å². The van der Waals surface area contributed by atoms with Crippen molar-refractivity contribution in [3.63, 3.8) is 0 Å². The third kappa shape index (κ3) is 2.88. The summed E-state index contributed by atoms with van der Waals surface area (Å²) in [5.74, 6) is 2.09. The second-order valence-electron chi connectivity index (χ2n) is 6.32. The third-order valence-electron chi connectivity index (χ3n) is 4.78. The first-order valence-electron chi connectivity index (χ1n) is 8.61. The van der Waals surface area contributed by atoms with Gasteiger partial charge in [0.15, 0.2) is 11.5 Å². The molecule has 2 aromatic rings. The monoisotopic (exact) mass is 443 g/mol. The zero-order chi connectivity index (χ0) is 19.8. The number of fused-ring (bicyclic) bond motifs is 2. The van der Waals surface area contributed by atoms with Crippen LogP contribution in [0.15, 0.2) is 40.2 Å². The second-order valence-corrected chi connectivity index (χ2v) is 7.18. The first kappa shape index (κ1) is 18.3. The predicted molar refractivity (Wildman–Crippen MR) is 107 cm³/mol. The number of hydrogen-bond donors (Lipinski definition) is 2. The first-order valence-corrected chi connectivity index (χ1v) is 9.40. The first-order chi connectivity index (χ1) is 13.6. The Balaban J connectivity index is 1.93. The Kier molecular flexibility index (Phi) is 4.69. The molecule has 0 fully saturated rings. The van der Waals surface area contributed by atoms with Crippen LogP contribution in [0.4, 0.5) is 5.69 Å². The lowest BCUT2D eigenvalue weighted by Crippen LogP contribution is -2.23. The summed E-state index contributed by atoms with van der Waals surface area (Å²) >= 11 is 3.52. The zero-order valence-electron chi connectivity index (χ0n) is 15.3. The Morgan fingerprint density at radius 3 is 2.75 bits per heavy atom. The van der Waals surface area contributed by atoms with E-state index in [9.17, 15) is 5.26 Å². The topological polar surface area (TPSA) is 98.8 Å². The van der Waals surface area contributed by atoms with Crippen LogP contribution in [0.25, 0.3) is 0 Å². The summed E-state index contributed by atoms with van der Waals surface area (Å²) in [6.45, 7) is 1.29. The summed E-state index contributed by atoms with van der Waals surface area (Å²) in [7, 11) is 3.14. The molecular formula is C20H18BrN3O4. The molecule has 0 amide bonds. The van der Waals surface area contributed by atoms with Gasteiger partial charge in [0.2, 0.25) is 5.88 Å². The van der Waals surface area contributed by atoms with Crippen molar-refractivity contribution in [3.05, 3.63) is 51.3 Å². The van der Waals surface area contributed by atoms with E-state index in [0.29, 0.717) is 40.4 Å². The maximum absolute atomic E-state index is 9.77. The molecule has 7 nitrogen and oxygen atoms in total. The van der Waals surface area contributed by atoms with E-state index in [1.54, 1.807) is 14.2 Å². The molecular weight excluding hydrogens is 426 g/mol. The smallest absolute Gasteiger partial charge is 0.205 e. The predicted octanol–water partition coefficient (Wildman–Crippen LogP) is 3.49. The largest absolute Gasteiger partial charge is 0.493 e. The average Bonchev–Trinajstić information content (AvgIpc) is 2.70. The quantitative estimate of drug-likeness (QED) is 0.748. The van der Waals surface area contributed by atoms with E-state index >= 15 is 0 Å². The molecule has 2 heterocycles. The summed E-state index contributed by atoms with van der Waals surface area (Å²) < 4.78 is 23.1. The van der Waals surface area contributed by atoms with Gasteiger partial charge in [-0.05, 0) is 39.7 Å². The Labute approximate surface area is 170 Å². The van der Waals surface area contributed by atoms with Crippen LogP contribution in [-0.4, -0.2) is 27.4 Å². The number of rotatable bonds is 3. The van der Waals surface area contributed by atoms with E-state index in [-0.39, 0.29) is 5.88 Å². The minimum atomic E-state index is -0.430. The van der Waals surface area contributed by atoms with Gasteiger partial charge in [-0.15, -0.1) is 0 Å². The Bertz CT molecular complexity index is 1030. The molecule has 28 heavy (non-hydrogen) atoms. The SMILES string of the molecule is COc1cc(C2C(C#N)=C(N)Oc3cc4c(cc32)OCCN4)cc(Br)c1OC. The second kappa shape index (κ2) is 7.17. The Morgan fingerprint density at radius 2 is 2.04 bits per heavy atom. The van der Waals surface area contributed by atoms with Crippen LogP contribution in [0.2, 0.25) is 0 Å². The van der Waals surface area contributed by atoms with Crippen LogP contribution in [0.1, 0.15) is 17.0 Å². The van der Waals surface area contributed by atoms with Crippen molar-refractivity contribution in [1.29, 1.82) is 5.26 Å². The zero-order valence-corrected chi connectivity index (χ0v) is 16.9. The van der Waals surface area contributed by atoms with E-state index in [2.05, 4.69) is 27.3 Å². The van der Waals surface area contributed by atoms with Crippen molar-refractivity contribution >= 4 is 21.6 Å². The number of nitrogens with one attached hydrogen (secondary N) is 1. The molecule has 2 aromatic carbocycles. The van der Waals surface area contributed by atoms with Crippen LogP contribution in [-0.2, 0) is 0 Å². The molecule has 0 spiro atoms. The molecule has 0 aromatic heterocycles. The third-order valence-corrected chi connectivity index (χ3v) is 5.37. The number of ether oxygens (including phenoxy) is 4. The van der Waals surface area contributed by atoms with Crippen LogP contribution in [0.3, 0.4) is 0 Å². The molecule has 2 aliphatic heterocycles. The van der Waals surface area contributed by atoms with Gasteiger partial charge in [0.25, 0.3) is 0 Å². The molecule has 8 heteroatoms. The van der Waals surface area contributed by atoms with Crippen molar-refractivity contribution in [1.82, 2.24) is 0 Å². The molecule has 0 radical (unpaired) electrons. The summed E-state index contributed by atoms with van der Waals surface area (Å²) in [5.41, 5.74) is 8.87. The van der Waals surface area contributed by atoms with Gasteiger partial charge in [0.1, 0.15) is 29.7 Å². The van der Waals surface area contributed by atoms with Gasteiger partial charge in [-0.25, -0.2) is 0 Å². The highest BCUT2D eigenvalue weighted by molar-refractivity contribution is 9.10. The number of methoxy groups -OCH3 is 2. The number of nitrogens with zero attached hydrogens (tertiary/aromatic N) is 1. The molecule has 0 bridgehead atoms. The number of nitrogens with two attached hydrogens (primary N) is 1. The van der Waals surface area contributed by atoms with Crippen LogP contribution >= 0.6 is 15.9 Å². The maximum atomic E-state index is 9.77. The molecule has 0 saturated carbocycles. The van der Waals surface area contributed by atoms with Crippen LogP contribution in [0.5, 0.6) is 23.0 Å². The van der Waals surface area contributed by atoms with Crippen molar-refractivity contribution < 1.29 is 18.9 Å². The number of halogens is 1. The molecule has 1 atom stereocenters. The maximum Gasteiger partial charge on any atom is 0.205 e. The van der Waals surface area contributed by atoms with E-state index in [0.717, 1.165) is 22.6 Å². The Morgan fingerprint density at radius 1 is 1.21 bits per heavy atom. The highest BCUT2D eigenvalue weighted by atomic mass is 79.9. The van der Waals surface area contributed by atoms with E-state index < -0.39 is 5.92 Å². The molecule has 144 valence electrons. The van der Waals surface area contributed by atoms with Gasteiger partial charge in [0, 0.05) is 18.2 Å². The summed E-state index contributed by atoms with van der Waals surface area (Å²) in [4.78, 5) is 0. The molecule has 0 saturated heterocycles. The Hall–Kier alpha value is -3.05.